The van der Waals surface area contributed by atoms with Crippen molar-refractivity contribution in [3.05, 3.63) is 23.2 Å². The fraction of sp³-hybridized carbons (Fsp3) is 0.500. The molecule has 0 heterocycles. The van der Waals surface area contributed by atoms with Gasteiger partial charge in [0.25, 0.3) is 0 Å². The van der Waals surface area contributed by atoms with Crippen molar-refractivity contribution in [2.75, 3.05) is 10.6 Å². The van der Waals surface area contributed by atoms with Crippen molar-refractivity contribution in [1.29, 1.82) is 0 Å². The predicted molar refractivity (Wildman–Crippen MR) is 78.3 cm³/mol. The number of carbonyl (C=O) groups excluding carboxylic acids is 1. The van der Waals surface area contributed by atoms with E-state index in [-0.39, 0.29) is 5.91 Å². The molecule has 0 saturated carbocycles. The van der Waals surface area contributed by atoms with Gasteiger partial charge < -0.3 is 10.6 Å². The molecule has 0 aliphatic rings. The molecule has 4 heteroatoms. The topological polar surface area (TPSA) is 41.1 Å². The van der Waals surface area contributed by atoms with Gasteiger partial charge in [0, 0.05) is 18.7 Å². The summed E-state index contributed by atoms with van der Waals surface area (Å²) in [4.78, 5) is 11.0. The van der Waals surface area contributed by atoms with Crippen molar-refractivity contribution in [2.24, 2.45) is 5.92 Å². The van der Waals surface area contributed by atoms with Gasteiger partial charge in [0.15, 0.2) is 0 Å². The third-order valence-electron chi connectivity index (χ3n) is 2.88. The monoisotopic (exact) mass is 268 g/mol. The Hall–Kier alpha value is -1.22. The quantitative estimate of drug-likeness (QED) is 0.842. The lowest BCUT2D eigenvalue weighted by Gasteiger charge is -2.22. The molecule has 1 atom stereocenters. The molecule has 0 aliphatic carbocycles. The van der Waals surface area contributed by atoms with Crippen LogP contribution in [0.3, 0.4) is 0 Å². The second kappa shape index (κ2) is 6.64. The van der Waals surface area contributed by atoms with E-state index in [1.807, 2.05) is 18.2 Å². The van der Waals surface area contributed by atoms with Crippen molar-refractivity contribution < 1.29 is 4.79 Å². The van der Waals surface area contributed by atoms with Gasteiger partial charge in [-0.15, -0.1) is 0 Å². The molecule has 0 saturated heterocycles. The van der Waals surface area contributed by atoms with E-state index in [9.17, 15) is 4.79 Å². The maximum absolute atomic E-state index is 11.0. The van der Waals surface area contributed by atoms with E-state index in [0.717, 1.165) is 12.1 Å². The summed E-state index contributed by atoms with van der Waals surface area (Å²) in [5.74, 6) is 0.440. The Morgan fingerprint density at radius 1 is 1.39 bits per heavy atom. The summed E-state index contributed by atoms with van der Waals surface area (Å²) >= 11 is 6.12. The van der Waals surface area contributed by atoms with Gasteiger partial charge in [-0.3, -0.25) is 4.79 Å². The molecule has 1 aromatic carbocycles. The van der Waals surface area contributed by atoms with E-state index in [2.05, 4.69) is 31.4 Å². The van der Waals surface area contributed by atoms with E-state index in [4.69, 9.17) is 11.6 Å². The number of anilines is 2. The van der Waals surface area contributed by atoms with Crippen LogP contribution in [0.4, 0.5) is 11.4 Å². The molecule has 1 amide bonds. The zero-order chi connectivity index (χ0) is 13.7. The highest BCUT2D eigenvalue weighted by atomic mass is 35.5. The molecular weight excluding hydrogens is 248 g/mol. The molecule has 0 radical (unpaired) electrons. The Labute approximate surface area is 114 Å². The SMILES string of the molecule is CCC(Nc1ccc(NC(C)=O)c(Cl)c1)C(C)C. The summed E-state index contributed by atoms with van der Waals surface area (Å²) in [6, 6.07) is 6.02. The number of hydrogen-bond donors (Lipinski definition) is 2. The number of hydrogen-bond acceptors (Lipinski definition) is 2. The molecule has 0 fully saturated rings. The maximum atomic E-state index is 11.0. The van der Waals surface area contributed by atoms with E-state index >= 15 is 0 Å². The Kier molecular flexibility index (Phi) is 5.48. The van der Waals surface area contributed by atoms with E-state index in [0.29, 0.717) is 22.7 Å². The number of benzene rings is 1. The molecule has 1 rings (SSSR count). The molecule has 1 aromatic rings. The van der Waals surface area contributed by atoms with Crippen LogP contribution in [0.25, 0.3) is 0 Å². The maximum Gasteiger partial charge on any atom is 0.221 e. The minimum absolute atomic E-state index is 0.119. The lowest BCUT2D eigenvalue weighted by molar-refractivity contribution is -0.114. The molecule has 18 heavy (non-hydrogen) atoms. The summed E-state index contributed by atoms with van der Waals surface area (Å²) in [6.07, 6.45) is 1.06. The predicted octanol–water partition coefficient (Wildman–Crippen LogP) is 4.14. The van der Waals surface area contributed by atoms with Gasteiger partial charge >= 0.3 is 0 Å². The summed E-state index contributed by atoms with van der Waals surface area (Å²) in [5, 5.41) is 6.69. The number of nitrogens with one attached hydrogen (secondary N) is 2. The van der Waals surface area contributed by atoms with Gasteiger partial charge in [0.1, 0.15) is 0 Å². The van der Waals surface area contributed by atoms with Crippen LogP contribution >= 0.6 is 11.6 Å². The third kappa shape index (κ3) is 4.22. The highest BCUT2D eigenvalue weighted by molar-refractivity contribution is 6.34. The highest BCUT2D eigenvalue weighted by Crippen LogP contribution is 2.26. The first-order chi connectivity index (χ1) is 8.43. The zero-order valence-corrected chi connectivity index (χ0v) is 12.1. The van der Waals surface area contributed by atoms with Crippen molar-refractivity contribution in [1.82, 2.24) is 0 Å². The summed E-state index contributed by atoms with van der Waals surface area (Å²) in [7, 11) is 0. The van der Waals surface area contributed by atoms with Crippen molar-refractivity contribution >= 4 is 28.9 Å². The van der Waals surface area contributed by atoms with Crippen molar-refractivity contribution in [3.8, 4) is 0 Å². The Bertz CT molecular complexity index is 418. The molecule has 0 aliphatic heterocycles. The minimum atomic E-state index is -0.119. The van der Waals surface area contributed by atoms with E-state index in [1.54, 1.807) is 0 Å². The third-order valence-corrected chi connectivity index (χ3v) is 3.19. The van der Waals surface area contributed by atoms with Crippen molar-refractivity contribution in [2.45, 2.75) is 40.2 Å². The van der Waals surface area contributed by atoms with Crippen molar-refractivity contribution in [3.63, 3.8) is 0 Å². The van der Waals surface area contributed by atoms with Crippen LogP contribution in [0.5, 0.6) is 0 Å². The largest absolute Gasteiger partial charge is 0.382 e. The standard InChI is InChI=1S/C14H21ClN2O/c1-5-13(9(2)3)17-11-6-7-14(12(15)8-11)16-10(4)18/h6-9,13,17H,5H2,1-4H3,(H,16,18). The molecule has 0 spiro atoms. The van der Waals surface area contributed by atoms with Gasteiger partial charge in [0.05, 0.1) is 10.7 Å². The van der Waals surface area contributed by atoms with Gasteiger partial charge in [-0.2, -0.15) is 0 Å². The van der Waals surface area contributed by atoms with Gasteiger partial charge in [0.2, 0.25) is 5.91 Å². The molecule has 100 valence electrons. The second-order valence-corrected chi connectivity index (χ2v) is 5.19. The zero-order valence-electron chi connectivity index (χ0n) is 11.4. The fourth-order valence-corrected chi connectivity index (χ4v) is 2.08. The molecule has 3 nitrogen and oxygen atoms in total. The smallest absolute Gasteiger partial charge is 0.221 e. The molecular formula is C14H21ClN2O. The number of halogens is 1. The van der Waals surface area contributed by atoms with Crippen LogP contribution < -0.4 is 10.6 Å². The lowest BCUT2D eigenvalue weighted by Crippen LogP contribution is -2.24. The first kappa shape index (κ1) is 14.8. The number of amides is 1. The van der Waals surface area contributed by atoms with E-state index in [1.165, 1.54) is 6.92 Å². The lowest BCUT2D eigenvalue weighted by atomic mass is 10.0. The minimum Gasteiger partial charge on any atom is -0.382 e. The van der Waals surface area contributed by atoms with Crippen LogP contribution in [-0.4, -0.2) is 11.9 Å². The number of rotatable bonds is 5. The normalized spacial score (nSPS) is 12.3. The number of carbonyl (C=O) groups is 1. The highest BCUT2D eigenvalue weighted by Gasteiger charge is 2.11. The second-order valence-electron chi connectivity index (χ2n) is 4.78. The fourth-order valence-electron chi connectivity index (χ4n) is 1.85. The van der Waals surface area contributed by atoms with Gasteiger partial charge in [-0.05, 0) is 30.5 Å². The van der Waals surface area contributed by atoms with Crippen LogP contribution in [0.2, 0.25) is 5.02 Å². The van der Waals surface area contributed by atoms with E-state index < -0.39 is 0 Å². The first-order valence-electron chi connectivity index (χ1n) is 6.27. The van der Waals surface area contributed by atoms with Crippen LogP contribution in [0.1, 0.15) is 34.1 Å². The molecule has 2 N–H and O–H groups in total. The van der Waals surface area contributed by atoms with Crippen LogP contribution in [0, 0.1) is 5.92 Å². The summed E-state index contributed by atoms with van der Waals surface area (Å²) in [5.41, 5.74) is 1.63. The summed E-state index contributed by atoms with van der Waals surface area (Å²) < 4.78 is 0. The van der Waals surface area contributed by atoms with Crippen LogP contribution in [-0.2, 0) is 4.79 Å². The molecule has 1 unspecified atom stereocenters. The molecule has 0 aromatic heterocycles. The Balaban J connectivity index is 2.80. The average Bonchev–Trinajstić information content (AvgIpc) is 2.28. The van der Waals surface area contributed by atoms with Gasteiger partial charge in [-0.25, -0.2) is 0 Å². The van der Waals surface area contributed by atoms with Gasteiger partial charge in [-0.1, -0.05) is 32.4 Å². The Morgan fingerprint density at radius 2 is 2.06 bits per heavy atom. The Morgan fingerprint density at radius 3 is 2.50 bits per heavy atom. The first-order valence-corrected chi connectivity index (χ1v) is 6.65. The van der Waals surface area contributed by atoms with Crippen LogP contribution in [0.15, 0.2) is 18.2 Å². The molecule has 0 bridgehead atoms. The summed E-state index contributed by atoms with van der Waals surface area (Å²) in [6.45, 7) is 8.00. The average molecular weight is 269 g/mol.